The van der Waals surface area contributed by atoms with Crippen LogP contribution in [0, 0.1) is 0 Å². The molecular formula is C9H11BrN2O2. The zero-order valence-corrected chi connectivity index (χ0v) is 9.32. The summed E-state index contributed by atoms with van der Waals surface area (Å²) in [7, 11) is 1.39. The van der Waals surface area contributed by atoms with Crippen molar-refractivity contribution in [2.75, 3.05) is 13.7 Å². The average Bonchev–Trinajstić information content (AvgIpc) is 2.59. The number of esters is 1. The fraction of sp³-hybridized carbons (Fsp3) is 0.444. The highest BCUT2D eigenvalue weighted by Crippen LogP contribution is 2.23. The van der Waals surface area contributed by atoms with Crippen molar-refractivity contribution < 1.29 is 9.53 Å². The number of carbonyl (C=O) groups excluding carboxylic acids is 1. The van der Waals surface area contributed by atoms with Gasteiger partial charge in [0.2, 0.25) is 0 Å². The first-order chi connectivity index (χ1) is 6.72. The second-order valence-electron chi connectivity index (χ2n) is 3.16. The first kappa shape index (κ1) is 9.73. The lowest BCUT2D eigenvalue weighted by molar-refractivity contribution is -0.135. The highest BCUT2D eigenvalue weighted by atomic mass is 79.9. The smallest absolute Gasteiger partial charge is 0.337 e. The molecule has 2 heterocycles. The van der Waals surface area contributed by atoms with Crippen LogP contribution in [0.3, 0.4) is 0 Å². The van der Waals surface area contributed by atoms with Crippen molar-refractivity contribution >= 4 is 21.9 Å². The quantitative estimate of drug-likeness (QED) is 0.424. The van der Waals surface area contributed by atoms with Gasteiger partial charge in [0.1, 0.15) is 6.17 Å². The fourth-order valence-corrected chi connectivity index (χ4v) is 2.16. The Hall–Kier alpha value is -0.810. The Morgan fingerprint density at radius 3 is 3.29 bits per heavy atom. The maximum absolute atomic E-state index is 11.2. The predicted molar refractivity (Wildman–Crippen MR) is 55.6 cm³/mol. The van der Waals surface area contributed by atoms with Gasteiger partial charge in [-0.05, 0) is 12.2 Å². The molecule has 0 radical (unpaired) electrons. The molecule has 0 bridgehead atoms. The summed E-state index contributed by atoms with van der Waals surface area (Å²) in [5, 5.41) is 3.26. The molecule has 76 valence electrons. The number of alkyl halides is 1. The van der Waals surface area contributed by atoms with Gasteiger partial charge in [-0.1, -0.05) is 15.9 Å². The number of rotatable bonds is 1. The summed E-state index contributed by atoms with van der Waals surface area (Å²) in [6.07, 6.45) is 5.63. The van der Waals surface area contributed by atoms with Crippen molar-refractivity contribution in [3.63, 3.8) is 0 Å². The third kappa shape index (κ3) is 1.57. The summed E-state index contributed by atoms with van der Waals surface area (Å²) in [6, 6.07) is 0. The van der Waals surface area contributed by atoms with Crippen LogP contribution in [-0.4, -0.2) is 35.6 Å². The Balaban J connectivity index is 2.16. The van der Waals surface area contributed by atoms with Gasteiger partial charge in [-0.25, -0.2) is 4.79 Å². The molecule has 1 N–H and O–H groups in total. The minimum absolute atomic E-state index is 0.0958. The molecule has 14 heavy (non-hydrogen) atoms. The molecule has 0 amide bonds. The molecule has 0 aliphatic carbocycles. The predicted octanol–water partition coefficient (Wildman–Crippen LogP) is 0.565. The van der Waals surface area contributed by atoms with E-state index in [9.17, 15) is 4.79 Å². The van der Waals surface area contributed by atoms with E-state index in [4.69, 9.17) is 0 Å². The largest absolute Gasteiger partial charge is 0.465 e. The van der Waals surface area contributed by atoms with Gasteiger partial charge in [-0.15, -0.1) is 0 Å². The molecule has 0 spiro atoms. The molecule has 0 aromatic carbocycles. The first-order valence-electron chi connectivity index (χ1n) is 4.35. The zero-order valence-electron chi connectivity index (χ0n) is 7.74. The SMILES string of the molecule is COC(=O)C1=C[C@H]2NC[C@H](Br)N2C=C1. The maximum Gasteiger partial charge on any atom is 0.337 e. The summed E-state index contributed by atoms with van der Waals surface area (Å²) in [5.41, 5.74) is 0.600. The van der Waals surface area contributed by atoms with Gasteiger partial charge in [0.15, 0.2) is 0 Å². The summed E-state index contributed by atoms with van der Waals surface area (Å²) in [4.78, 5) is 13.6. The van der Waals surface area contributed by atoms with Gasteiger partial charge in [0.25, 0.3) is 0 Å². The van der Waals surface area contributed by atoms with Crippen LogP contribution < -0.4 is 5.32 Å². The highest BCUT2D eigenvalue weighted by molar-refractivity contribution is 9.09. The van der Waals surface area contributed by atoms with Crippen molar-refractivity contribution in [1.29, 1.82) is 0 Å². The van der Waals surface area contributed by atoms with Gasteiger partial charge in [-0.2, -0.15) is 0 Å². The molecule has 2 aliphatic rings. The summed E-state index contributed by atoms with van der Waals surface area (Å²) >= 11 is 3.52. The van der Waals surface area contributed by atoms with Crippen molar-refractivity contribution in [3.8, 4) is 0 Å². The van der Waals surface area contributed by atoms with Crippen molar-refractivity contribution in [2.45, 2.75) is 11.1 Å². The van der Waals surface area contributed by atoms with Crippen molar-refractivity contribution in [2.24, 2.45) is 0 Å². The molecule has 0 aromatic heterocycles. The number of carbonyl (C=O) groups is 1. The van der Waals surface area contributed by atoms with Crippen LogP contribution in [0.2, 0.25) is 0 Å². The van der Waals surface area contributed by atoms with Crippen molar-refractivity contribution in [3.05, 3.63) is 23.9 Å². The van der Waals surface area contributed by atoms with Crippen LogP contribution in [0.5, 0.6) is 0 Å². The first-order valence-corrected chi connectivity index (χ1v) is 5.27. The second kappa shape index (κ2) is 3.74. The number of fused-ring (bicyclic) bond motifs is 1. The third-order valence-electron chi connectivity index (χ3n) is 2.32. The number of hydrogen-bond donors (Lipinski definition) is 1. The summed E-state index contributed by atoms with van der Waals surface area (Å²) in [6.45, 7) is 0.861. The minimum atomic E-state index is -0.291. The monoisotopic (exact) mass is 258 g/mol. The van der Waals surface area contributed by atoms with E-state index in [1.54, 1.807) is 6.08 Å². The van der Waals surface area contributed by atoms with Crippen LogP contribution in [0.4, 0.5) is 0 Å². The lowest BCUT2D eigenvalue weighted by atomic mass is 10.1. The summed E-state index contributed by atoms with van der Waals surface area (Å²) < 4.78 is 4.65. The third-order valence-corrected chi connectivity index (χ3v) is 3.12. The van der Waals surface area contributed by atoms with Crippen LogP contribution in [0.15, 0.2) is 23.9 Å². The Bertz CT molecular complexity index is 314. The summed E-state index contributed by atoms with van der Waals surface area (Å²) in [5.74, 6) is -0.291. The van der Waals surface area contributed by atoms with Gasteiger partial charge >= 0.3 is 5.97 Å². The van der Waals surface area contributed by atoms with Crippen molar-refractivity contribution in [1.82, 2.24) is 10.2 Å². The van der Waals surface area contributed by atoms with E-state index in [1.165, 1.54) is 7.11 Å². The second-order valence-corrected chi connectivity index (χ2v) is 4.22. The minimum Gasteiger partial charge on any atom is -0.465 e. The van der Waals surface area contributed by atoms with Gasteiger partial charge in [-0.3, -0.25) is 5.32 Å². The van der Waals surface area contributed by atoms with Gasteiger partial charge in [0.05, 0.1) is 17.6 Å². The number of ether oxygens (including phenoxy) is 1. The number of halogens is 1. The lowest BCUT2D eigenvalue weighted by Gasteiger charge is -2.25. The Labute approximate surface area is 90.7 Å². The van der Waals surface area contributed by atoms with Crippen LogP contribution in [-0.2, 0) is 9.53 Å². The van der Waals surface area contributed by atoms with Gasteiger partial charge in [0, 0.05) is 12.7 Å². The Morgan fingerprint density at radius 2 is 2.57 bits per heavy atom. The number of hydrogen-bond acceptors (Lipinski definition) is 4. The molecule has 4 nitrogen and oxygen atoms in total. The van der Waals surface area contributed by atoms with Crippen LogP contribution >= 0.6 is 15.9 Å². The van der Waals surface area contributed by atoms with E-state index in [2.05, 4.69) is 30.9 Å². The molecule has 2 aliphatic heterocycles. The number of nitrogens with zero attached hydrogens (tertiary/aromatic N) is 1. The Morgan fingerprint density at radius 1 is 1.79 bits per heavy atom. The molecule has 2 atom stereocenters. The molecule has 5 heteroatoms. The van der Waals surface area contributed by atoms with Gasteiger partial charge < -0.3 is 9.64 Å². The normalized spacial score (nSPS) is 29.9. The van der Waals surface area contributed by atoms with E-state index in [1.807, 2.05) is 12.3 Å². The van der Waals surface area contributed by atoms with E-state index in [0.29, 0.717) is 10.5 Å². The molecular weight excluding hydrogens is 248 g/mol. The topological polar surface area (TPSA) is 41.6 Å². The fourth-order valence-electron chi connectivity index (χ4n) is 1.58. The van der Waals surface area contributed by atoms with E-state index >= 15 is 0 Å². The molecule has 1 fully saturated rings. The molecule has 0 unspecified atom stereocenters. The van der Waals surface area contributed by atoms with Crippen LogP contribution in [0.25, 0.3) is 0 Å². The van der Waals surface area contributed by atoms with E-state index in [-0.39, 0.29) is 12.1 Å². The average molecular weight is 259 g/mol. The number of nitrogens with one attached hydrogen (secondary N) is 1. The van der Waals surface area contributed by atoms with E-state index in [0.717, 1.165) is 6.54 Å². The lowest BCUT2D eigenvalue weighted by Crippen LogP contribution is -2.34. The zero-order chi connectivity index (χ0) is 10.1. The molecule has 0 aromatic rings. The molecule has 1 saturated heterocycles. The Kier molecular flexibility index (Phi) is 2.60. The molecule has 2 rings (SSSR count). The van der Waals surface area contributed by atoms with E-state index < -0.39 is 0 Å². The highest BCUT2D eigenvalue weighted by Gasteiger charge is 2.30. The standard InChI is InChI=1S/C9H11BrN2O2/c1-14-9(13)6-2-3-12-7(10)5-11-8(12)4-6/h2-4,7-8,11H,5H2,1H3/t7-,8+/m1/s1. The number of methoxy groups -OCH3 is 1. The maximum atomic E-state index is 11.2. The van der Waals surface area contributed by atoms with Crippen LogP contribution in [0.1, 0.15) is 0 Å². The molecule has 0 saturated carbocycles.